The van der Waals surface area contributed by atoms with Gasteiger partial charge < -0.3 is 20.6 Å². The van der Waals surface area contributed by atoms with Crippen molar-refractivity contribution >= 4 is 11.6 Å². The first-order valence-electron chi connectivity index (χ1n) is 14.0. The Morgan fingerprint density at radius 1 is 1.19 bits per heavy atom. The maximum Gasteiger partial charge on any atom is 0.254 e. The van der Waals surface area contributed by atoms with Crippen LogP contribution in [0.25, 0.3) is 0 Å². The highest BCUT2D eigenvalue weighted by Crippen LogP contribution is 2.25. The summed E-state index contributed by atoms with van der Waals surface area (Å²) in [6.07, 6.45) is 8.75. The van der Waals surface area contributed by atoms with Crippen LogP contribution in [0.2, 0.25) is 0 Å². The molecule has 0 aliphatic carbocycles. The highest BCUT2D eigenvalue weighted by Gasteiger charge is 2.26. The van der Waals surface area contributed by atoms with E-state index in [1.54, 1.807) is 5.57 Å². The molecule has 3 N–H and O–H groups in total. The van der Waals surface area contributed by atoms with E-state index in [-0.39, 0.29) is 5.91 Å². The number of nitrogens with one attached hydrogen (secondary N) is 2. The maximum atomic E-state index is 13.1. The molecule has 6 heteroatoms. The van der Waals surface area contributed by atoms with Gasteiger partial charge in [-0.05, 0) is 81.0 Å². The molecule has 0 fully saturated rings. The molecule has 0 radical (unpaired) electrons. The Balaban J connectivity index is 1.48. The van der Waals surface area contributed by atoms with Gasteiger partial charge in [-0.1, -0.05) is 44.9 Å². The van der Waals surface area contributed by atoms with Crippen LogP contribution >= 0.6 is 0 Å². The van der Waals surface area contributed by atoms with Crippen molar-refractivity contribution < 1.29 is 9.90 Å². The Kier molecular flexibility index (Phi) is 11.5. The van der Waals surface area contributed by atoms with Crippen LogP contribution in [0, 0.1) is 5.92 Å². The van der Waals surface area contributed by atoms with Gasteiger partial charge in [-0.15, -0.1) is 0 Å². The van der Waals surface area contributed by atoms with Gasteiger partial charge >= 0.3 is 0 Å². The average Bonchev–Trinajstić information content (AvgIpc) is 2.90. The van der Waals surface area contributed by atoms with E-state index in [2.05, 4.69) is 42.0 Å². The number of amides is 1. The van der Waals surface area contributed by atoms with Crippen LogP contribution in [0.5, 0.6) is 0 Å². The third-order valence-electron chi connectivity index (χ3n) is 7.83. The number of anilines is 1. The molecule has 1 aromatic rings. The predicted molar refractivity (Wildman–Crippen MR) is 151 cm³/mol. The number of aliphatic hydroxyl groups is 1. The first-order chi connectivity index (χ1) is 17.5. The zero-order valence-corrected chi connectivity index (χ0v) is 22.8. The molecule has 0 spiro atoms. The number of β-amino-alcohol motifs (C(OH)–C–C–N with tert-alkyl or cyclic N) is 1. The molecule has 200 valence electrons. The Morgan fingerprint density at radius 2 is 2.03 bits per heavy atom. The smallest absolute Gasteiger partial charge is 0.254 e. The van der Waals surface area contributed by atoms with Crippen LogP contribution in [-0.2, 0) is 6.42 Å². The second kappa shape index (κ2) is 14.6. The van der Waals surface area contributed by atoms with E-state index in [0.717, 1.165) is 81.6 Å². The lowest BCUT2D eigenvalue weighted by Crippen LogP contribution is -2.43. The van der Waals surface area contributed by atoms with Crippen molar-refractivity contribution in [1.82, 2.24) is 15.1 Å². The molecule has 2 aliphatic rings. The zero-order valence-electron chi connectivity index (χ0n) is 22.8. The number of nitrogens with zero attached hydrogens (tertiary/aromatic N) is 2. The number of hydrogen-bond acceptors (Lipinski definition) is 5. The molecule has 6 nitrogen and oxygen atoms in total. The maximum absolute atomic E-state index is 13.1. The summed E-state index contributed by atoms with van der Waals surface area (Å²) in [4.78, 5) is 17.4. The Morgan fingerprint density at radius 3 is 2.75 bits per heavy atom. The Labute approximate surface area is 218 Å². The average molecular weight is 497 g/mol. The summed E-state index contributed by atoms with van der Waals surface area (Å²) in [6, 6.07) is 6.12. The standard InChI is InChI=1S/C30H48N4O2/c1-5-8-25-12-16-33(21-24(25)7-3)17-14-28(35)22-34-18-13-26-19-27(9-10-29(26)30(34)36)32-20-23(6-2)11-15-31-4/h7,9-10,19,23,28,31-32,35H,3,5-6,8,11-18,20-22H2,1-2,4H3. The molecule has 2 aliphatic heterocycles. The van der Waals surface area contributed by atoms with Crippen LogP contribution in [0.1, 0.15) is 68.3 Å². The van der Waals surface area contributed by atoms with Crippen molar-refractivity contribution in [3.63, 3.8) is 0 Å². The number of carbonyl (C=O) groups excluding carboxylic acids is 1. The first kappa shape index (κ1) is 28.4. The lowest BCUT2D eigenvalue weighted by molar-refractivity contribution is 0.0569. The molecule has 1 amide bonds. The van der Waals surface area contributed by atoms with Gasteiger partial charge in [-0.3, -0.25) is 9.69 Å². The highest BCUT2D eigenvalue weighted by molar-refractivity contribution is 5.97. The van der Waals surface area contributed by atoms with E-state index in [1.807, 2.05) is 30.2 Å². The summed E-state index contributed by atoms with van der Waals surface area (Å²) in [5, 5.41) is 17.5. The van der Waals surface area contributed by atoms with Crippen LogP contribution < -0.4 is 10.6 Å². The number of carbonyl (C=O) groups is 1. The summed E-state index contributed by atoms with van der Waals surface area (Å²) in [7, 11) is 2.00. The molecular weight excluding hydrogens is 448 g/mol. The first-order valence-corrected chi connectivity index (χ1v) is 14.0. The molecule has 0 aromatic heterocycles. The van der Waals surface area contributed by atoms with Crippen molar-refractivity contribution in [3.05, 3.63) is 53.1 Å². The minimum Gasteiger partial charge on any atom is -0.391 e. The van der Waals surface area contributed by atoms with Gasteiger partial charge in [0, 0.05) is 50.5 Å². The molecular formula is C30H48N4O2. The fourth-order valence-electron chi connectivity index (χ4n) is 5.43. The molecule has 1 aromatic carbocycles. The minimum atomic E-state index is -0.506. The van der Waals surface area contributed by atoms with Gasteiger partial charge in [0.1, 0.15) is 0 Å². The number of benzene rings is 1. The lowest BCUT2D eigenvalue weighted by atomic mass is 9.96. The number of rotatable bonds is 15. The van der Waals surface area contributed by atoms with Gasteiger partial charge in [0.05, 0.1) is 6.10 Å². The number of hydrogen-bond donors (Lipinski definition) is 3. The van der Waals surface area contributed by atoms with E-state index in [0.29, 0.717) is 25.4 Å². The summed E-state index contributed by atoms with van der Waals surface area (Å²) in [5.41, 5.74) is 5.88. The van der Waals surface area contributed by atoms with Gasteiger partial charge in [-0.2, -0.15) is 0 Å². The second-order valence-corrected chi connectivity index (χ2v) is 10.5. The van der Waals surface area contributed by atoms with E-state index >= 15 is 0 Å². The molecule has 2 atom stereocenters. The molecule has 0 saturated carbocycles. The molecule has 0 saturated heterocycles. The van der Waals surface area contributed by atoms with Gasteiger partial charge in [-0.25, -0.2) is 0 Å². The van der Waals surface area contributed by atoms with Crippen molar-refractivity contribution in [2.45, 2.75) is 64.9 Å². The third kappa shape index (κ3) is 7.92. The fourth-order valence-corrected chi connectivity index (χ4v) is 5.43. The fraction of sp³-hybridized carbons (Fsp3) is 0.633. The monoisotopic (exact) mass is 496 g/mol. The molecule has 2 heterocycles. The molecule has 0 bridgehead atoms. The van der Waals surface area contributed by atoms with Crippen LogP contribution in [0.4, 0.5) is 5.69 Å². The van der Waals surface area contributed by atoms with E-state index in [1.165, 1.54) is 12.0 Å². The van der Waals surface area contributed by atoms with E-state index < -0.39 is 6.10 Å². The largest absolute Gasteiger partial charge is 0.391 e. The van der Waals surface area contributed by atoms with Crippen LogP contribution in [-0.4, -0.2) is 79.8 Å². The molecule has 3 rings (SSSR count). The normalized spacial score (nSPS) is 18.2. The minimum absolute atomic E-state index is 0.0429. The molecule has 36 heavy (non-hydrogen) atoms. The van der Waals surface area contributed by atoms with Crippen molar-refractivity contribution in [2.24, 2.45) is 5.92 Å². The number of aliphatic hydroxyl groups excluding tert-OH is 1. The van der Waals surface area contributed by atoms with E-state index in [4.69, 9.17) is 0 Å². The summed E-state index contributed by atoms with van der Waals surface area (Å²) < 4.78 is 0. The van der Waals surface area contributed by atoms with Gasteiger partial charge in [0.25, 0.3) is 5.91 Å². The SMILES string of the molecule is C=CC1=C(CCC)CCN(CCC(O)CN2CCc3cc(NCC(CC)CCNC)ccc3C2=O)C1. The third-order valence-corrected chi connectivity index (χ3v) is 7.83. The van der Waals surface area contributed by atoms with Crippen LogP contribution in [0.15, 0.2) is 42.0 Å². The summed E-state index contributed by atoms with van der Waals surface area (Å²) in [6.45, 7) is 14.3. The topological polar surface area (TPSA) is 67.8 Å². The molecule has 2 unspecified atom stereocenters. The van der Waals surface area contributed by atoms with Gasteiger partial charge in [0.2, 0.25) is 0 Å². The summed E-state index contributed by atoms with van der Waals surface area (Å²) in [5.74, 6) is 0.677. The predicted octanol–water partition coefficient (Wildman–Crippen LogP) is 4.47. The Hall–Kier alpha value is -2.15. The van der Waals surface area contributed by atoms with Crippen molar-refractivity contribution in [2.75, 3.05) is 58.2 Å². The quantitative estimate of drug-likeness (QED) is 0.334. The van der Waals surface area contributed by atoms with Crippen LogP contribution in [0.3, 0.4) is 0 Å². The second-order valence-electron chi connectivity index (χ2n) is 10.5. The van der Waals surface area contributed by atoms with Crippen molar-refractivity contribution in [1.29, 1.82) is 0 Å². The highest BCUT2D eigenvalue weighted by atomic mass is 16.3. The Bertz CT molecular complexity index is 897. The number of fused-ring (bicyclic) bond motifs is 1. The van der Waals surface area contributed by atoms with Gasteiger partial charge in [0.15, 0.2) is 0 Å². The summed E-state index contributed by atoms with van der Waals surface area (Å²) >= 11 is 0. The van der Waals surface area contributed by atoms with Crippen molar-refractivity contribution in [3.8, 4) is 0 Å². The van der Waals surface area contributed by atoms with E-state index in [9.17, 15) is 9.90 Å². The zero-order chi connectivity index (χ0) is 25.9. The lowest BCUT2D eigenvalue weighted by Gasteiger charge is -2.33.